The van der Waals surface area contributed by atoms with E-state index in [1.54, 1.807) is 6.07 Å². The Morgan fingerprint density at radius 2 is 1.61 bits per heavy atom. The number of benzene rings is 1. The summed E-state index contributed by atoms with van der Waals surface area (Å²) in [4.78, 5) is 15.1. The molecule has 0 radical (unpaired) electrons. The van der Waals surface area contributed by atoms with Gasteiger partial charge in [0.25, 0.3) is 0 Å². The van der Waals surface area contributed by atoms with Crippen LogP contribution in [0.15, 0.2) is 18.2 Å². The van der Waals surface area contributed by atoms with Gasteiger partial charge < -0.3 is 10.0 Å². The average molecular weight is 388 g/mol. The number of carbonyl (C=O) groups excluding carboxylic acids is 1. The molecule has 0 spiro atoms. The van der Waals surface area contributed by atoms with Gasteiger partial charge >= 0.3 is 0 Å². The maximum absolute atomic E-state index is 13.2. The molecule has 0 aliphatic carbocycles. The Bertz CT molecular complexity index is 695. The van der Waals surface area contributed by atoms with Gasteiger partial charge in [0.15, 0.2) is 0 Å². The minimum absolute atomic E-state index is 0.0431. The fraction of sp³-hybridized carbons (Fsp3) is 0.720. The number of phenols is 1. The molecule has 1 fully saturated rings. The average Bonchev–Trinajstić information content (AvgIpc) is 2.46. The van der Waals surface area contributed by atoms with Crippen LogP contribution in [0, 0.1) is 35.5 Å². The Kier molecular flexibility index (Phi) is 6.57. The van der Waals surface area contributed by atoms with Crippen LogP contribution in [-0.4, -0.2) is 17.1 Å². The molecule has 4 unspecified atom stereocenters. The summed E-state index contributed by atoms with van der Waals surface area (Å²) in [5, 5.41) is 10.4. The summed E-state index contributed by atoms with van der Waals surface area (Å²) in [7, 11) is 0. The van der Waals surface area contributed by atoms with E-state index in [4.69, 9.17) is 0 Å². The van der Waals surface area contributed by atoms with Crippen LogP contribution < -0.4 is 4.90 Å². The standard InChI is InChI=1S/C25H41NO2/c1-16-10-11-21(27)19(12-16)26-20(13-17(2)14-24(4,5)6)22(23(26)28)18(3)15-25(7,8)9/h10-12,17-18,20,22,27H,13-15H2,1-9H3. The van der Waals surface area contributed by atoms with Crippen LogP contribution in [0.2, 0.25) is 0 Å². The third-order valence-corrected chi connectivity index (χ3v) is 5.81. The number of hydrogen-bond acceptors (Lipinski definition) is 2. The lowest BCUT2D eigenvalue weighted by molar-refractivity contribution is -0.133. The van der Waals surface area contributed by atoms with Crippen molar-refractivity contribution in [3.05, 3.63) is 23.8 Å². The van der Waals surface area contributed by atoms with Crippen LogP contribution in [0.3, 0.4) is 0 Å². The van der Waals surface area contributed by atoms with E-state index in [2.05, 4.69) is 55.4 Å². The third kappa shape index (κ3) is 5.52. The number of anilines is 1. The van der Waals surface area contributed by atoms with E-state index < -0.39 is 0 Å². The molecule has 28 heavy (non-hydrogen) atoms. The lowest BCUT2D eigenvalue weighted by Gasteiger charge is -2.51. The van der Waals surface area contributed by atoms with E-state index in [0.717, 1.165) is 24.8 Å². The van der Waals surface area contributed by atoms with Crippen molar-refractivity contribution in [2.24, 2.45) is 28.6 Å². The number of rotatable bonds is 6. The van der Waals surface area contributed by atoms with Gasteiger partial charge in [-0.1, -0.05) is 61.5 Å². The van der Waals surface area contributed by atoms with Crippen LogP contribution in [0.1, 0.15) is 80.2 Å². The van der Waals surface area contributed by atoms with Crippen molar-refractivity contribution in [2.75, 3.05) is 4.90 Å². The molecule has 0 aromatic heterocycles. The van der Waals surface area contributed by atoms with Crippen LogP contribution in [0.5, 0.6) is 5.75 Å². The first-order chi connectivity index (χ1) is 12.7. The van der Waals surface area contributed by atoms with Gasteiger partial charge in [-0.3, -0.25) is 4.79 Å². The summed E-state index contributed by atoms with van der Waals surface area (Å²) in [6, 6.07) is 5.70. The summed E-state index contributed by atoms with van der Waals surface area (Å²) in [5.74, 6) is 1.28. The van der Waals surface area contributed by atoms with Gasteiger partial charge in [0.05, 0.1) is 11.6 Å². The Morgan fingerprint density at radius 1 is 1.04 bits per heavy atom. The first-order valence-electron chi connectivity index (χ1n) is 10.8. The Morgan fingerprint density at radius 3 is 2.14 bits per heavy atom. The number of aryl methyl sites for hydroxylation is 1. The second-order valence-electron chi connectivity index (χ2n) is 11.6. The first-order valence-corrected chi connectivity index (χ1v) is 10.8. The quantitative estimate of drug-likeness (QED) is 0.561. The van der Waals surface area contributed by atoms with Crippen molar-refractivity contribution in [2.45, 2.75) is 87.6 Å². The molecule has 3 heteroatoms. The predicted octanol–water partition coefficient (Wildman–Crippen LogP) is 6.57. The normalized spacial score (nSPS) is 22.8. The van der Waals surface area contributed by atoms with Gasteiger partial charge in [0.1, 0.15) is 5.75 Å². The highest BCUT2D eigenvalue weighted by Crippen LogP contribution is 2.46. The summed E-state index contributed by atoms with van der Waals surface area (Å²) in [6.07, 6.45) is 3.14. The number of aromatic hydroxyl groups is 1. The minimum Gasteiger partial charge on any atom is -0.506 e. The number of nitrogens with zero attached hydrogens (tertiary/aromatic N) is 1. The fourth-order valence-electron chi connectivity index (χ4n) is 5.20. The van der Waals surface area contributed by atoms with Crippen LogP contribution in [0.4, 0.5) is 5.69 Å². The lowest BCUT2D eigenvalue weighted by Crippen LogP contribution is -2.64. The molecule has 1 aromatic carbocycles. The molecule has 1 amide bonds. The number of β-lactam (4-membered cyclic amide) rings is 1. The number of amides is 1. The molecule has 1 saturated heterocycles. The van der Waals surface area contributed by atoms with Gasteiger partial charge in [0, 0.05) is 6.04 Å². The maximum Gasteiger partial charge on any atom is 0.232 e. The molecule has 0 saturated carbocycles. The van der Waals surface area contributed by atoms with E-state index in [9.17, 15) is 9.90 Å². The van der Waals surface area contributed by atoms with Gasteiger partial charge in [-0.05, 0) is 66.5 Å². The molecule has 1 aromatic rings. The molecule has 1 heterocycles. The molecular formula is C25H41NO2. The van der Waals surface area contributed by atoms with E-state index >= 15 is 0 Å². The number of carbonyl (C=O) groups is 1. The Labute approximate surface area is 172 Å². The summed E-state index contributed by atoms with van der Waals surface area (Å²) < 4.78 is 0. The first kappa shape index (κ1) is 22.8. The summed E-state index contributed by atoms with van der Waals surface area (Å²) in [6.45, 7) is 20.1. The van der Waals surface area contributed by atoms with E-state index in [-0.39, 0.29) is 34.4 Å². The second kappa shape index (κ2) is 8.08. The fourth-order valence-corrected chi connectivity index (χ4v) is 5.20. The van der Waals surface area contributed by atoms with E-state index in [1.807, 2.05) is 24.0 Å². The molecular weight excluding hydrogens is 346 g/mol. The zero-order chi connectivity index (χ0) is 21.4. The SMILES string of the molecule is Cc1ccc(O)c(N2C(=O)C(C(C)CC(C)(C)C)C2CC(C)CC(C)(C)C)c1. The lowest BCUT2D eigenvalue weighted by atomic mass is 9.68. The number of hydrogen-bond donors (Lipinski definition) is 1. The molecule has 1 aliphatic rings. The highest BCUT2D eigenvalue weighted by Gasteiger charge is 2.51. The number of phenolic OH excluding ortho intramolecular Hbond substituents is 1. The van der Waals surface area contributed by atoms with Gasteiger partial charge in [-0.15, -0.1) is 0 Å². The largest absolute Gasteiger partial charge is 0.506 e. The monoisotopic (exact) mass is 387 g/mol. The zero-order valence-electron chi connectivity index (χ0n) is 19.5. The molecule has 3 nitrogen and oxygen atoms in total. The Hall–Kier alpha value is -1.51. The smallest absolute Gasteiger partial charge is 0.232 e. The highest BCUT2D eigenvalue weighted by molar-refractivity contribution is 6.04. The zero-order valence-corrected chi connectivity index (χ0v) is 19.5. The highest BCUT2D eigenvalue weighted by atomic mass is 16.3. The topological polar surface area (TPSA) is 40.5 Å². The molecule has 0 bridgehead atoms. The van der Waals surface area contributed by atoms with Gasteiger partial charge in [0.2, 0.25) is 5.91 Å². The predicted molar refractivity (Wildman–Crippen MR) is 119 cm³/mol. The van der Waals surface area contributed by atoms with Crippen molar-refractivity contribution in [1.82, 2.24) is 0 Å². The summed E-state index contributed by atoms with van der Waals surface area (Å²) in [5.41, 5.74) is 2.22. The van der Waals surface area contributed by atoms with Crippen molar-refractivity contribution < 1.29 is 9.90 Å². The van der Waals surface area contributed by atoms with E-state index in [0.29, 0.717) is 17.5 Å². The third-order valence-electron chi connectivity index (χ3n) is 5.81. The molecule has 1 aliphatic heterocycles. The maximum atomic E-state index is 13.2. The van der Waals surface area contributed by atoms with Crippen molar-refractivity contribution in [1.29, 1.82) is 0 Å². The molecule has 1 N–H and O–H groups in total. The van der Waals surface area contributed by atoms with Crippen LogP contribution in [0.25, 0.3) is 0 Å². The Balaban J connectivity index is 2.31. The second-order valence-corrected chi connectivity index (χ2v) is 11.6. The summed E-state index contributed by atoms with van der Waals surface area (Å²) >= 11 is 0. The molecule has 158 valence electrons. The van der Waals surface area contributed by atoms with Crippen LogP contribution in [-0.2, 0) is 4.79 Å². The minimum atomic E-state index is 0.0431. The van der Waals surface area contributed by atoms with Gasteiger partial charge in [-0.25, -0.2) is 0 Å². The van der Waals surface area contributed by atoms with Crippen molar-refractivity contribution in [3.63, 3.8) is 0 Å². The van der Waals surface area contributed by atoms with Crippen LogP contribution >= 0.6 is 0 Å². The van der Waals surface area contributed by atoms with Crippen molar-refractivity contribution in [3.8, 4) is 5.75 Å². The van der Waals surface area contributed by atoms with Gasteiger partial charge in [-0.2, -0.15) is 0 Å². The molecule has 4 atom stereocenters. The van der Waals surface area contributed by atoms with E-state index in [1.165, 1.54) is 0 Å². The molecule has 2 rings (SSSR count). The van der Waals surface area contributed by atoms with Crippen molar-refractivity contribution >= 4 is 11.6 Å².